The summed E-state index contributed by atoms with van der Waals surface area (Å²) in [4.78, 5) is 12.3. The van der Waals surface area contributed by atoms with E-state index < -0.39 is 10.0 Å². The highest BCUT2D eigenvalue weighted by atomic mass is 32.2. The van der Waals surface area contributed by atoms with E-state index in [0.29, 0.717) is 11.1 Å². The summed E-state index contributed by atoms with van der Waals surface area (Å²) < 4.78 is 22.5. The number of sulfonamides is 1. The molecule has 2 rings (SSSR count). The third-order valence-corrected chi connectivity index (χ3v) is 5.52. The Morgan fingerprint density at radius 2 is 1.67 bits per heavy atom. The van der Waals surface area contributed by atoms with E-state index in [0.717, 1.165) is 16.9 Å². The summed E-state index contributed by atoms with van der Waals surface area (Å²) in [6.45, 7) is 6.29. The highest BCUT2D eigenvalue weighted by molar-refractivity contribution is 7.91. The molecule has 21 heavy (non-hydrogen) atoms. The van der Waals surface area contributed by atoms with E-state index in [9.17, 15) is 13.2 Å². The topological polar surface area (TPSA) is 77.2 Å². The van der Waals surface area contributed by atoms with E-state index >= 15 is 0 Å². The molecule has 0 saturated carbocycles. The average molecular weight is 323 g/mol. The standard InChI is InChI=1S/C15H17NO3S2/c1-15(2,3)12-6-4-10(5-7-12)14(17)11-8-13(20-9-11)21(16,18)19/h4-9H,1-3H3,(H2,16,18,19). The smallest absolute Gasteiger partial charge is 0.247 e. The lowest BCUT2D eigenvalue weighted by atomic mass is 9.86. The van der Waals surface area contributed by atoms with Crippen molar-refractivity contribution < 1.29 is 13.2 Å². The minimum atomic E-state index is -3.76. The average Bonchev–Trinajstić information content (AvgIpc) is 2.86. The number of hydrogen-bond donors (Lipinski definition) is 1. The number of thiophene rings is 1. The van der Waals surface area contributed by atoms with Gasteiger partial charge in [0, 0.05) is 16.5 Å². The van der Waals surface area contributed by atoms with Crippen LogP contribution in [0, 0.1) is 0 Å². The van der Waals surface area contributed by atoms with Gasteiger partial charge in [0.15, 0.2) is 5.78 Å². The van der Waals surface area contributed by atoms with Crippen LogP contribution in [-0.2, 0) is 15.4 Å². The van der Waals surface area contributed by atoms with Crippen molar-refractivity contribution >= 4 is 27.1 Å². The van der Waals surface area contributed by atoms with E-state index in [4.69, 9.17) is 5.14 Å². The molecule has 0 fully saturated rings. The fourth-order valence-corrected chi connectivity index (χ4v) is 3.46. The quantitative estimate of drug-likeness (QED) is 0.882. The normalized spacial score (nSPS) is 12.4. The zero-order valence-electron chi connectivity index (χ0n) is 12.1. The summed E-state index contributed by atoms with van der Waals surface area (Å²) in [7, 11) is -3.76. The molecule has 1 aromatic heterocycles. The van der Waals surface area contributed by atoms with Crippen molar-refractivity contribution in [3.63, 3.8) is 0 Å². The summed E-state index contributed by atoms with van der Waals surface area (Å²) >= 11 is 0.953. The highest BCUT2D eigenvalue weighted by Crippen LogP contribution is 2.24. The maximum Gasteiger partial charge on any atom is 0.247 e. The first kappa shape index (κ1) is 15.9. The maximum atomic E-state index is 12.3. The van der Waals surface area contributed by atoms with Gasteiger partial charge in [0.2, 0.25) is 10.0 Å². The molecule has 6 heteroatoms. The van der Waals surface area contributed by atoms with Crippen molar-refractivity contribution in [1.82, 2.24) is 0 Å². The zero-order chi connectivity index (χ0) is 15.8. The SMILES string of the molecule is CC(C)(C)c1ccc(C(=O)c2csc(S(N)(=O)=O)c2)cc1. The lowest BCUT2D eigenvalue weighted by Gasteiger charge is -2.18. The van der Waals surface area contributed by atoms with Crippen LogP contribution < -0.4 is 5.14 Å². The highest BCUT2D eigenvalue weighted by Gasteiger charge is 2.18. The second kappa shape index (κ2) is 5.36. The van der Waals surface area contributed by atoms with E-state index in [-0.39, 0.29) is 15.4 Å². The first-order valence-corrected chi connectivity index (χ1v) is 8.78. The molecule has 0 atom stereocenters. The van der Waals surface area contributed by atoms with Gasteiger partial charge in [-0.3, -0.25) is 4.79 Å². The first-order chi connectivity index (χ1) is 9.59. The van der Waals surface area contributed by atoms with Gasteiger partial charge in [0.1, 0.15) is 4.21 Å². The molecule has 0 saturated heterocycles. The van der Waals surface area contributed by atoms with Crippen LogP contribution in [0.15, 0.2) is 39.9 Å². The van der Waals surface area contributed by atoms with Gasteiger partial charge in [-0.05, 0) is 17.0 Å². The predicted molar refractivity (Wildman–Crippen MR) is 84.3 cm³/mol. The number of ketones is 1. The molecule has 1 aromatic carbocycles. The summed E-state index contributed by atoms with van der Waals surface area (Å²) in [6, 6.07) is 8.68. The van der Waals surface area contributed by atoms with E-state index in [1.807, 2.05) is 12.1 Å². The van der Waals surface area contributed by atoms with Crippen LogP contribution in [0.25, 0.3) is 0 Å². The number of rotatable bonds is 3. The zero-order valence-corrected chi connectivity index (χ0v) is 13.7. The van der Waals surface area contributed by atoms with Crippen LogP contribution >= 0.6 is 11.3 Å². The van der Waals surface area contributed by atoms with Crippen LogP contribution in [0.2, 0.25) is 0 Å². The van der Waals surface area contributed by atoms with Crippen LogP contribution in [-0.4, -0.2) is 14.2 Å². The Morgan fingerprint density at radius 1 is 1.10 bits per heavy atom. The van der Waals surface area contributed by atoms with Crippen LogP contribution in [0.4, 0.5) is 0 Å². The number of carbonyl (C=O) groups is 1. The van der Waals surface area contributed by atoms with Crippen molar-refractivity contribution in [1.29, 1.82) is 0 Å². The number of nitrogens with two attached hydrogens (primary N) is 1. The monoisotopic (exact) mass is 323 g/mol. The Bertz CT molecular complexity index is 766. The molecule has 112 valence electrons. The van der Waals surface area contributed by atoms with Gasteiger partial charge in [-0.25, -0.2) is 13.6 Å². The lowest BCUT2D eigenvalue weighted by Crippen LogP contribution is -2.11. The second-order valence-corrected chi connectivity index (χ2v) is 8.56. The van der Waals surface area contributed by atoms with Crippen LogP contribution in [0.5, 0.6) is 0 Å². The number of hydrogen-bond acceptors (Lipinski definition) is 4. The Labute approximate surface area is 128 Å². The summed E-state index contributed by atoms with van der Waals surface area (Å²) in [5.41, 5.74) is 2.02. The molecule has 0 amide bonds. The summed E-state index contributed by atoms with van der Waals surface area (Å²) in [5, 5.41) is 6.56. The molecule has 2 aromatic rings. The van der Waals surface area contributed by atoms with Crippen molar-refractivity contribution in [2.75, 3.05) is 0 Å². The number of primary sulfonamides is 1. The minimum Gasteiger partial charge on any atom is -0.289 e. The molecule has 0 aliphatic carbocycles. The van der Waals surface area contributed by atoms with Crippen molar-refractivity contribution in [3.05, 3.63) is 52.4 Å². The Hall–Kier alpha value is -1.50. The van der Waals surface area contributed by atoms with Gasteiger partial charge in [-0.2, -0.15) is 0 Å². The van der Waals surface area contributed by atoms with E-state index in [2.05, 4.69) is 20.8 Å². The Kier molecular flexibility index (Phi) is 4.06. The molecule has 4 nitrogen and oxygen atoms in total. The van der Waals surface area contributed by atoms with Gasteiger partial charge in [0.05, 0.1) is 0 Å². The molecular formula is C15H17NO3S2. The largest absolute Gasteiger partial charge is 0.289 e. The molecule has 0 aliphatic heterocycles. The molecule has 0 bridgehead atoms. The van der Waals surface area contributed by atoms with Crippen LogP contribution in [0.1, 0.15) is 42.3 Å². The van der Waals surface area contributed by atoms with Gasteiger partial charge < -0.3 is 0 Å². The number of benzene rings is 1. The summed E-state index contributed by atoms with van der Waals surface area (Å²) in [5.74, 6) is -0.207. The fourth-order valence-electron chi connectivity index (χ4n) is 1.87. The molecule has 0 radical (unpaired) electrons. The third-order valence-electron chi connectivity index (χ3n) is 3.13. The van der Waals surface area contributed by atoms with Gasteiger partial charge >= 0.3 is 0 Å². The molecule has 1 heterocycles. The van der Waals surface area contributed by atoms with Gasteiger partial charge in [-0.15, -0.1) is 11.3 Å². The van der Waals surface area contributed by atoms with Crippen molar-refractivity contribution in [2.24, 2.45) is 5.14 Å². The fraction of sp³-hybridized carbons (Fsp3) is 0.267. The minimum absolute atomic E-state index is 0.00263. The van der Waals surface area contributed by atoms with Crippen LogP contribution in [0.3, 0.4) is 0 Å². The molecule has 2 N–H and O–H groups in total. The second-order valence-electron chi connectivity index (χ2n) is 5.86. The molecule has 0 aliphatic rings. The Balaban J connectivity index is 2.30. The maximum absolute atomic E-state index is 12.3. The van der Waals surface area contributed by atoms with Crippen molar-refractivity contribution in [3.8, 4) is 0 Å². The molecule has 0 spiro atoms. The summed E-state index contributed by atoms with van der Waals surface area (Å²) in [6.07, 6.45) is 0. The van der Waals surface area contributed by atoms with Gasteiger partial charge in [-0.1, -0.05) is 45.0 Å². The predicted octanol–water partition coefficient (Wildman–Crippen LogP) is 2.92. The lowest BCUT2D eigenvalue weighted by molar-refractivity contribution is 0.103. The number of carbonyl (C=O) groups excluding carboxylic acids is 1. The third kappa shape index (κ3) is 3.58. The van der Waals surface area contributed by atoms with E-state index in [1.165, 1.54) is 11.4 Å². The Morgan fingerprint density at radius 3 is 2.10 bits per heavy atom. The first-order valence-electron chi connectivity index (χ1n) is 6.35. The van der Waals surface area contributed by atoms with E-state index in [1.54, 1.807) is 12.1 Å². The molecule has 0 unspecified atom stereocenters. The van der Waals surface area contributed by atoms with Gasteiger partial charge in [0.25, 0.3) is 0 Å². The van der Waals surface area contributed by atoms with Crippen molar-refractivity contribution in [2.45, 2.75) is 30.4 Å². The molecular weight excluding hydrogens is 306 g/mol.